The maximum atomic E-state index is 4.34. The molecule has 0 aliphatic carbocycles. The second kappa shape index (κ2) is 6.25. The van der Waals surface area contributed by atoms with Crippen molar-refractivity contribution in [3.8, 4) is 11.4 Å². The second-order valence-corrected chi connectivity index (χ2v) is 3.64. The lowest BCUT2D eigenvalue weighted by Crippen LogP contribution is -2.23. The van der Waals surface area contributed by atoms with E-state index in [1.54, 1.807) is 6.20 Å². The van der Waals surface area contributed by atoms with Crippen molar-refractivity contribution in [3.05, 3.63) is 55.4 Å². The predicted octanol–water partition coefficient (Wildman–Crippen LogP) is 3.25. The molecule has 2 rings (SSSR count). The van der Waals surface area contributed by atoms with Crippen LogP contribution in [0.1, 0.15) is 6.92 Å². The first-order valence-electron chi connectivity index (χ1n) is 5.29. The van der Waals surface area contributed by atoms with Gasteiger partial charge in [-0.1, -0.05) is 36.4 Å². The maximum Gasteiger partial charge on any atom is 0.158 e. The van der Waals surface area contributed by atoms with Crippen LogP contribution in [0.4, 0.5) is 0 Å². The van der Waals surface area contributed by atoms with Gasteiger partial charge in [0.15, 0.2) is 5.82 Å². The molecular formula is C13H16BrN3. The third kappa shape index (κ3) is 3.20. The van der Waals surface area contributed by atoms with Crippen LogP contribution in [-0.2, 0) is 0 Å². The Bertz CT molecular complexity index is 465. The number of hydrogen-bond acceptors (Lipinski definition) is 2. The van der Waals surface area contributed by atoms with Gasteiger partial charge >= 0.3 is 0 Å². The van der Waals surface area contributed by atoms with Gasteiger partial charge in [-0.25, -0.2) is 9.66 Å². The number of aromatic nitrogens is 2. The highest BCUT2D eigenvalue weighted by Gasteiger charge is 2.05. The Morgan fingerprint density at radius 3 is 2.71 bits per heavy atom. The number of nitrogens with one attached hydrogen (secondary N) is 1. The molecule has 1 N–H and O–H groups in total. The SMILES string of the molecule is Br.C=CC(C)Nn1ccnc1-c1ccccc1. The number of rotatable bonds is 4. The van der Waals surface area contributed by atoms with Crippen molar-refractivity contribution in [2.24, 2.45) is 0 Å². The van der Waals surface area contributed by atoms with Crippen LogP contribution in [-0.4, -0.2) is 15.7 Å². The summed E-state index contributed by atoms with van der Waals surface area (Å²) in [7, 11) is 0. The number of hydrogen-bond donors (Lipinski definition) is 1. The molecule has 0 aliphatic rings. The number of benzene rings is 1. The van der Waals surface area contributed by atoms with Crippen LogP contribution in [0, 0.1) is 0 Å². The molecule has 0 fully saturated rings. The van der Waals surface area contributed by atoms with E-state index >= 15 is 0 Å². The molecule has 1 aromatic carbocycles. The summed E-state index contributed by atoms with van der Waals surface area (Å²) in [6.07, 6.45) is 5.54. The van der Waals surface area contributed by atoms with Gasteiger partial charge in [0.05, 0.1) is 6.04 Å². The molecule has 0 saturated carbocycles. The summed E-state index contributed by atoms with van der Waals surface area (Å²) >= 11 is 0. The first kappa shape index (κ1) is 13.5. The van der Waals surface area contributed by atoms with Gasteiger partial charge in [0, 0.05) is 18.0 Å². The molecule has 4 heteroatoms. The van der Waals surface area contributed by atoms with Crippen LogP contribution < -0.4 is 5.43 Å². The van der Waals surface area contributed by atoms with E-state index in [0.29, 0.717) is 0 Å². The normalized spacial score (nSPS) is 11.4. The summed E-state index contributed by atoms with van der Waals surface area (Å²) in [5.41, 5.74) is 4.37. The van der Waals surface area contributed by atoms with Crippen LogP contribution in [0.3, 0.4) is 0 Å². The first-order valence-corrected chi connectivity index (χ1v) is 5.29. The van der Waals surface area contributed by atoms with Gasteiger partial charge in [-0.15, -0.1) is 23.6 Å². The standard InChI is InChI=1S/C13H15N3.BrH/c1-3-11(2)15-16-10-9-14-13(16)12-7-5-4-6-8-12;/h3-11,15H,1H2,2H3;1H. The number of nitrogens with zero attached hydrogens (tertiary/aromatic N) is 2. The lowest BCUT2D eigenvalue weighted by Gasteiger charge is -2.14. The van der Waals surface area contributed by atoms with Gasteiger partial charge in [-0.2, -0.15) is 0 Å². The summed E-state index contributed by atoms with van der Waals surface area (Å²) in [4.78, 5) is 4.34. The summed E-state index contributed by atoms with van der Waals surface area (Å²) in [6.45, 7) is 5.79. The minimum Gasteiger partial charge on any atom is -0.318 e. The van der Waals surface area contributed by atoms with E-state index in [9.17, 15) is 0 Å². The Balaban J connectivity index is 0.00000144. The van der Waals surface area contributed by atoms with Gasteiger partial charge in [0.25, 0.3) is 0 Å². The van der Waals surface area contributed by atoms with Crippen LogP contribution >= 0.6 is 17.0 Å². The van der Waals surface area contributed by atoms with Crippen molar-refractivity contribution in [2.75, 3.05) is 5.43 Å². The highest BCUT2D eigenvalue weighted by Crippen LogP contribution is 2.15. The largest absolute Gasteiger partial charge is 0.318 e. The summed E-state index contributed by atoms with van der Waals surface area (Å²) in [5, 5.41) is 0. The summed E-state index contributed by atoms with van der Waals surface area (Å²) in [6, 6.07) is 10.3. The Kier molecular flexibility index (Phi) is 4.97. The molecule has 2 aromatic rings. The molecule has 90 valence electrons. The Morgan fingerprint density at radius 2 is 2.06 bits per heavy atom. The van der Waals surface area contributed by atoms with Crippen molar-refractivity contribution < 1.29 is 0 Å². The number of imidazole rings is 1. The topological polar surface area (TPSA) is 29.9 Å². The smallest absolute Gasteiger partial charge is 0.158 e. The molecule has 0 saturated heterocycles. The van der Waals surface area contributed by atoms with E-state index in [4.69, 9.17) is 0 Å². The molecule has 1 heterocycles. The fourth-order valence-corrected chi connectivity index (χ4v) is 1.48. The Hall–Kier alpha value is -1.55. The highest BCUT2D eigenvalue weighted by atomic mass is 79.9. The highest BCUT2D eigenvalue weighted by molar-refractivity contribution is 8.93. The van der Waals surface area contributed by atoms with Crippen molar-refractivity contribution >= 4 is 17.0 Å². The maximum absolute atomic E-state index is 4.34. The third-order valence-electron chi connectivity index (χ3n) is 2.37. The monoisotopic (exact) mass is 293 g/mol. The van der Waals surface area contributed by atoms with Crippen LogP contribution in [0.15, 0.2) is 55.4 Å². The molecule has 1 aromatic heterocycles. The third-order valence-corrected chi connectivity index (χ3v) is 2.37. The molecule has 3 nitrogen and oxygen atoms in total. The molecule has 17 heavy (non-hydrogen) atoms. The molecule has 0 radical (unpaired) electrons. The lowest BCUT2D eigenvalue weighted by atomic mass is 10.2. The summed E-state index contributed by atoms with van der Waals surface area (Å²) < 4.78 is 1.92. The fraction of sp³-hybridized carbons (Fsp3) is 0.154. The average Bonchev–Trinajstić information content (AvgIpc) is 2.78. The molecule has 0 spiro atoms. The van der Waals surface area contributed by atoms with Gasteiger partial charge in [-0.05, 0) is 6.92 Å². The van der Waals surface area contributed by atoms with E-state index in [-0.39, 0.29) is 23.0 Å². The van der Waals surface area contributed by atoms with Gasteiger partial charge in [0.2, 0.25) is 0 Å². The van der Waals surface area contributed by atoms with E-state index in [2.05, 4.69) is 17.0 Å². The summed E-state index contributed by atoms with van der Waals surface area (Å²) in [5.74, 6) is 0.911. The van der Waals surface area contributed by atoms with Gasteiger partial charge in [-0.3, -0.25) is 0 Å². The van der Waals surface area contributed by atoms with E-state index in [1.165, 1.54) is 0 Å². The zero-order chi connectivity index (χ0) is 11.4. The van der Waals surface area contributed by atoms with Crippen molar-refractivity contribution in [1.82, 2.24) is 9.66 Å². The molecule has 0 bridgehead atoms. The minimum atomic E-state index is 0. The van der Waals surface area contributed by atoms with E-state index < -0.39 is 0 Å². The van der Waals surface area contributed by atoms with Gasteiger partial charge < -0.3 is 5.43 Å². The zero-order valence-corrected chi connectivity index (χ0v) is 11.4. The van der Waals surface area contributed by atoms with Crippen molar-refractivity contribution in [3.63, 3.8) is 0 Å². The Morgan fingerprint density at radius 1 is 1.35 bits per heavy atom. The molecule has 0 amide bonds. The van der Waals surface area contributed by atoms with Crippen molar-refractivity contribution in [2.45, 2.75) is 13.0 Å². The minimum absolute atomic E-state index is 0. The molecular weight excluding hydrogens is 278 g/mol. The van der Waals surface area contributed by atoms with Crippen LogP contribution in [0.25, 0.3) is 11.4 Å². The lowest BCUT2D eigenvalue weighted by molar-refractivity contribution is 0.790. The average molecular weight is 294 g/mol. The molecule has 1 unspecified atom stereocenters. The predicted molar refractivity (Wildman–Crippen MR) is 77.0 cm³/mol. The zero-order valence-electron chi connectivity index (χ0n) is 9.71. The Labute approximate surface area is 112 Å². The van der Waals surface area contributed by atoms with Crippen molar-refractivity contribution in [1.29, 1.82) is 0 Å². The second-order valence-electron chi connectivity index (χ2n) is 3.64. The first-order chi connectivity index (χ1) is 7.81. The van der Waals surface area contributed by atoms with Crippen LogP contribution in [0.5, 0.6) is 0 Å². The van der Waals surface area contributed by atoms with E-state index in [0.717, 1.165) is 11.4 Å². The molecule has 0 aliphatic heterocycles. The van der Waals surface area contributed by atoms with Gasteiger partial charge in [0.1, 0.15) is 0 Å². The quantitative estimate of drug-likeness (QED) is 0.877. The van der Waals surface area contributed by atoms with Crippen LogP contribution in [0.2, 0.25) is 0 Å². The molecule has 1 atom stereocenters. The van der Waals surface area contributed by atoms with E-state index in [1.807, 2.05) is 54.2 Å². The number of halogens is 1. The fourth-order valence-electron chi connectivity index (χ4n) is 1.48.